The van der Waals surface area contributed by atoms with E-state index in [2.05, 4.69) is 4.72 Å². The number of nitrogens with one attached hydrogen (secondary N) is 1. The van der Waals surface area contributed by atoms with Gasteiger partial charge in [-0.1, -0.05) is 18.2 Å². The minimum atomic E-state index is -3.98. The zero-order chi connectivity index (χ0) is 20.3. The number of para-hydroxylation sites is 1. The summed E-state index contributed by atoms with van der Waals surface area (Å²) in [5.74, 6) is -0.564. The molecule has 0 radical (unpaired) electrons. The fraction of sp³-hybridized carbons (Fsp3) is 0.350. The second-order valence-electron chi connectivity index (χ2n) is 7.01. The number of sulfonamides is 1. The number of rotatable bonds is 7. The monoisotopic (exact) mass is 404 g/mol. The van der Waals surface area contributed by atoms with Crippen LogP contribution in [0, 0.1) is 0 Å². The summed E-state index contributed by atoms with van der Waals surface area (Å²) in [4.78, 5) is 13.5. The van der Waals surface area contributed by atoms with E-state index in [0.717, 1.165) is 18.9 Å². The van der Waals surface area contributed by atoms with Gasteiger partial charge in [0, 0.05) is 19.1 Å². The number of hydrogen-bond donors (Lipinski definition) is 2. The predicted molar refractivity (Wildman–Crippen MR) is 107 cm³/mol. The van der Waals surface area contributed by atoms with Crippen LogP contribution in [0.1, 0.15) is 37.0 Å². The van der Waals surface area contributed by atoms with E-state index in [1.54, 1.807) is 38.1 Å². The first-order valence-corrected chi connectivity index (χ1v) is 10.7. The van der Waals surface area contributed by atoms with E-state index in [1.807, 2.05) is 11.0 Å². The molecular formula is C20H24N2O5S. The van der Waals surface area contributed by atoms with Gasteiger partial charge in [0.15, 0.2) is 5.75 Å². The van der Waals surface area contributed by atoms with E-state index in [9.17, 15) is 18.3 Å². The molecule has 2 N–H and O–H groups in total. The number of carbonyl (C=O) groups is 1. The number of aromatic carboxylic acids is 1. The summed E-state index contributed by atoms with van der Waals surface area (Å²) in [5.41, 5.74) is 0.386. The van der Waals surface area contributed by atoms with Crippen molar-refractivity contribution in [3.63, 3.8) is 0 Å². The largest absolute Gasteiger partial charge is 0.478 e. The molecule has 1 heterocycles. The van der Waals surface area contributed by atoms with Crippen molar-refractivity contribution in [2.45, 2.75) is 37.6 Å². The van der Waals surface area contributed by atoms with Crippen molar-refractivity contribution in [1.29, 1.82) is 0 Å². The van der Waals surface area contributed by atoms with Crippen LogP contribution < -0.4 is 14.4 Å². The first kappa shape index (κ1) is 20.2. The van der Waals surface area contributed by atoms with E-state index in [-0.39, 0.29) is 22.3 Å². The third-order valence-corrected chi connectivity index (χ3v) is 6.04. The van der Waals surface area contributed by atoms with Crippen LogP contribution in [0.25, 0.3) is 0 Å². The van der Waals surface area contributed by atoms with Crippen molar-refractivity contribution < 1.29 is 23.1 Å². The van der Waals surface area contributed by atoms with Gasteiger partial charge in [0.05, 0.1) is 11.3 Å². The van der Waals surface area contributed by atoms with Crippen molar-refractivity contribution in [1.82, 2.24) is 4.72 Å². The fourth-order valence-corrected chi connectivity index (χ4v) is 4.61. The summed E-state index contributed by atoms with van der Waals surface area (Å²) in [6.07, 6.45) is 1.91. The molecule has 2 aromatic carbocycles. The molecule has 1 fully saturated rings. The lowest BCUT2D eigenvalue weighted by atomic mass is 10.1. The highest BCUT2D eigenvalue weighted by Gasteiger charge is 2.29. The average Bonchev–Trinajstić information content (AvgIpc) is 3.15. The van der Waals surface area contributed by atoms with Crippen LogP contribution >= 0.6 is 0 Å². The second-order valence-corrected chi connectivity index (χ2v) is 8.70. The topological polar surface area (TPSA) is 95.9 Å². The van der Waals surface area contributed by atoms with Gasteiger partial charge in [0.1, 0.15) is 10.6 Å². The second kappa shape index (κ2) is 8.20. The molecule has 0 spiro atoms. The molecule has 7 nitrogen and oxygen atoms in total. The molecule has 0 unspecified atom stereocenters. The molecule has 2 aromatic rings. The SMILES string of the molecule is CC(C)NS(=O)(=O)c1cc(C(=O)O)cc(N2CCCC2)c1Oc1ccccc1. The summed E-state index contributed by atoms with van der Waals surface area (Å²) < 4.78 is 34.5. The zero-order valence-corrected chi connectivity index (χ0v) is 16.7. The Hall–Kier alpha value is -2.58. The smallest absolute Gasteiger partial charge is 0.335 e. The van der Waals surface area contributed by atoms with Gasteiger partial charge in [0.25, 0.3) is 0 Å². The van der Waals surface area contributed by atoms with E-state index in [1.165, 1.54) is 6.07 Å². The molecule has 0 atom stereocenters. The number of hydrogen-bond acceptors (Lipinski definition) is 5. The third-order valence-electron chi connectivity index (χ3n) is 4.37. The molecule has 3 rings (SSSR count). The van der Waals surface area contributed by atoms with Crippen LogP contribution in [0.4, 0.5) is 5.69 Å². The molecule has 0 bridgehead atoms. The van der Waals surface area contributed by atoms with Gasteiger partial charge in [-0.05, 0) is 51.0 Å². The number of anilines is 1. The molecule has 1 saturated heterocycles. The lowest BCUT2D eigenvalue weighted by Gasteiger charge is -2.24. The maximum atomic E-state index is 13.0. The van der Waals surface area contributed by atoms with E-state index < -0.39 is 16.0 Å². The van der Waals surface area contributed by atoms with Crippen LogP contribution in [0.15, 0.2) is 47.4 Å². The highest BCUT2D eigenvalue weighted by Crippen LogP contribution is 2.40. The van der Waals surface area contributed by atoms with Crippen molar-refractivity contribution >= 4 is 21.7 Å². The summed E-state index contributed by atoms with van der Waals surface area (Å²) in [7, 11) is -3.98. The normalized spacial score (nSPS) is 14.5. The Kier molecular flexibility index (Phi) is 5.90. The van der Waals surface area contributed by atoms with Gasteiger partial charge in [-0.3, -0.25) is 0 Å². The standard InChI is InChI=1S/C20H24N2O5S/c1-14(2)21-28(25,26)18-13-15(20(23)24)12-17(22-10-6-7-11-22)19(18)27-16-8-4-3-5-9-16/h3-5,8-9,12-14,21H,6-7,10-11H2,1-2H3,(H,23,24). The molecule has 0 saturated carbocycles. The molecule has 0 amide bonds. The Morgan fingerprint density at radius 2 is 1.79 bits per heavy atom. The average molecular weight is 404 g/mol. The molecule has 150 valence electrons. The number of carboxylic acids is 1. The van der Waals surface area contributed by atoms with Gasteiger partial charge < -0.3 is 14.7 Å². The summed E-state index contributed by atoms with van der Waals surface area (Å²) in [6, 6.07) is 11.2. The van der Waals surface area contributed by atoms with Crippen molar-refractivity contribution in [2.75, 3.05) is 18.0 Å². The van der Waals surface area contributed by atoms with Crippen LogP contribution in [0.5, 0.6) is 11.5 Å². The Morgan fingerprint density at radius 1 is 1.14 bits per heavy atom. The number of benzene rings is 2. The lowest BCUT2D eigenvalue weighted by molar-refractivity contribution is 0.0696. The molecule has 8 heteroatoms. The van der Waals surface area contributed by atoms with Crippen molar-refractivity contribution in [3.05, 3.63) is 48.0 Å². The molecule has 1 aliphatic heterocycles. The van der Waals surface area contributed by atoms with Gasteiger partial charge in [-0.2, -0.15) is 0 Å². The first-order chi connectivity index (χ1) is 13.3. The van der Waals surface area contributed by atoms with E-state index >= 15 is 0 Å². The Labute approximate surface area is 165 Å². The minimum Gasteiger partial charge on any atom is -0.478 e. The van der Waals surface area contributed by atoms with Gasteiger partial charge in [-0.15, -0.1) is 0 Å². The lowest BCUT2D eigenvalue weighted by Crippen LogP contribution is -2.31. The van der Waals surface area contributed by atoms with Gasteiger partial charge in [0.2, 0.25) is 10.0 Å². The molecular weight excluding hydrogens is 380 g/mol. The number of nitrogens with zero attached hydrogens (tertiary/aromatic N) is 1. The highest BCUT2D eigenvalue weighted by atomic mass is 32.2. The predicted octanol–water partition coefficient (Wildman–Crippen LogP) is 3.46. The Bertz CT molecular complexity index is 952. The maximum Gasteiger partial charge on any atom is 0.335 e. The van der Waals surface area contributed by atoms with E-state index in [0.29, 0.717) is 24.5 Å². The minimum absolute atomic E-state index is 0.0913. The van der Waals surface area contributed by atoms with Crippen LogP contribution in [-0.2, 0) is 10.0 Å². The zero-order valence-electron chi connectivity index (χ0n) is 15.9. The third kappa shape index (κ3) is 4.45. The van der Waals surface area contributed by atoms with E-state index in [4.69, 9.17) is 4.74 Å². The summed E-state index contributed by atoms with van der Waals surface area (Å²) in [6.45, 7) is 4.84. The van der Waals surface area contributed by atoms with Crippen LogP contribution in [0.2, 0.25) is 0 Å². The number of ether oxygens (including phenoxy) is 1. The van der Waals surface area contributed by atoms with Gasteiger partial charge >= 0.3 is 5.97 Å². The van der Waals surface area contributed by atoms with Gasteiger partial charge in [-0.25, -0.2) is 17.9 Å². The maximum absolute atomic E-state index is 13.0. The highest BCUT2D eigenvalue weighted by molar-refractivity contribution is 7.89. The quantitative estimate of drug-likeness (QED) is 0.734. The molecule has 0 aromatic heterocycles. The Morgan fingerprint density at radius 3 is 2.36 bits per heavy atom. The fourth-order valence-electron chi connectivity index (χ4n) is 3.19. The summed E-state index contributed by atoms with van der Waals surface area (Å²) in [5, 5.41) is 9.53. The molecule has 1 aliphatic rings. The van der Waals surface area contributed by atoms with Crippen molar-refractivity contribution in [3.8, 4) is 11.5 Å². The van der Waals surface area contributed by atoms with Crippen molar-refractivity contribution in [2.24, 2.45) is 0 Å². The molecule has 28 heavy (non-hydrogen) atoms. The first-order valence-electron chi connectivity index (χ1n) is 9.19. The van der Waals surface area contributed by atoms with Crippen LogP contribution in [0.3, 0.4) is 0 Å². The summed E-state index contributed by atoms with van der Waals surface area (Å²) >= 11 is 0. The Balaban J connectivity index is 2.23. The molecule has 0 aliphatic carbocycles. The van der Waals surface area contributed by atoms with Crippen LogP contribution in [-0.4, -0.2) is 38.6 Å². The number of carboxylic acid groups (broad SMARTS) is 1.